The zero-order chi connectivity index (χ0) is 14.9. The smallest absolute Gasteiger partial charge is 0.193 e. The van der Waals surface area contributed by atoms with Gasteiger partial charge in [0.25, 0.3) is 0 Å². The molecule has 7 heteroatoms. The van der Waals surface area contributed by atoms with Crippen molar-refractivity contribution in [3.8, 4) is 5.75 Å². The van der Waals surface area contributed by atoms with Gasteiger partial charge in [0.1, 0.15) is 5.75 Å². The lowest BCUT2D eigenvalue weighted by atomic mass is 10.2. The van der Waals surface area contributed by atoms with E-state index in [-0.39, 0.29) is 30.1 Å². The molecule has 2 rings (SSSR count). The minimum absolute atomic E-state index is 0. The van der Waals surface area contributed by atoms with Crippen LogP contribution in [-0.2, 0) is 9.47 Å². The number of nitrogens with one attached hydrogen (secondary N) is 1. The molecule has 124 valence electrons. The highest BCUT2D eigenvalue weighted by Crippen LogP contribution is 2.16. The van der Waals surface area contributed by atoms with Crippen LogP contribution in [0.25, 0.3) is 0 Å². The molecule has 1 fully saturated rings. The summed E-state index contributed by atoms with van der Waals surface area (Å²) in [5.74, 6) is 1.14. The fraction of sp³-hybridized carbons (Fsp3) is 0.533. The van der Waals surface area contributed by atoms with Crippen molar-refractivity contribution in [2.45, 2.75) is 18.9 Å². The van der Waals surface area contributed by atoms with Gasteiger partial charge in [-0.1, -0.05) is 6.07 Å². The van der Waals surface area contributed by atoms with Crippen LogP contribution in [0.1, 0.15) is 12.8 Å². The molecule has 0 bridgehead atoms. The number of aliphatic imine (C=N–C) groups is 1. The predicted molar refractivity (Wildman–Crippen MR) is 98.3 cm³/mol. The average Bonchev–Trinajstić information content (AvgIpc) is 3.00. The molecule has 0 aromatic heterocycles. The highest BCUT2D eigenvalue weighted by atomic mass is 127. The second-order valence-electron chi connectivity index (χ2n) is 4.83. The van der Waals surface area contributed by atoms with E-state index >= 15 is 0 Å². The topological polar surface area (TPSA) is 78.1 Å². The van der Waals surface area contributed by atoms with Gasteiger partial charge in [0.05, 0.1) is 33.0 Å². The predicted octanol–water partition coefficient (Wildman–Crippen LogP) is 2.24. The second kappa shape index (κ2) is 10.6. The molecule has 1 aromatic carbocycles. The van der Waals surface area contributed by atoms with Crippen molar-refractivity contribution in [2.75, 3.05) is 38.8 Å². The molecular weight excluding hydrogens is 397 g/mol. The van der Waals surface area contributed by atoms with Gasteiger partial charge in [-0.05, 0) is 25.0 Å². The van der Waals surface area contributed by atoms with Crippen LogP contribution >= 0.6 is 24.0 Å². The number of hydrogen-bond donors (Lipinski definition) is 2. The molecule has 1 saturated heterocycles. The van der Waals surface area contributed by atoms with Gasteiger partial charge in [-0.2, -0.15) is 0 Å². The molecule has 1 atom stereocenters. The third-order valence-corrected chi connectivity index (χ3v) is 3.19. The van der Waals surface area contributed by atoms with E-state index in [1.165, 1.54) is 0 Å². The summed E-state index contributed by atoms with van der Waals surface area (Å²) in [4.78, 5) is 4.22. The fourth-order valence-electron chi connectivity index (χ4n) is 2.11. The monoisotopic (exact) mass is 421 g/mol. The minimum Gasteiger partial charge on any atom is -0.497 e. The summed E-state index contributed by atoms with van der Waals surface area (Å²) in [6.07, 6.45) is 2.47. The highest BCUT2D eigenvalue weighted by molar-refractivity contribution is 14.0. The summed E-state index contributed by atoms with van der Waals surface area (Å²) in [6.45, 7) is 2.55. The molecule has 0 saturated carbocycles. The number of rotatable bonds is 7. The van der Waals surface area contributed by atoms with Crippen LogP contribution in [0.3, 0.4) is 0 Å². The van der Waals surface area contributed by atoms with Crippen LogP contribution < -0.4 is 15.8 Å². The number of guanidine groups is 1. The maximum absolute atomic E-state index is 5.82. The van der Waals surface area contributed by atoms with Crippen LogP contribution in [0.5, 0.6) is 5.75 Å². The third-order valence-electron chi connectivity index (χ3n) is 3.19. The van der Waals surface area contributed by atoms with E-state index in [1.807, 2.05) is 24.3 Å². The van der Waals surface area contributed by atoms with Crippen LogP contribution in [0.2, 0.25) is 0 Å². The lowest BCUT2D eigenvalue weighted by Gasteiger charge is -2.09. The van der Waals surface area contributed by atoms with Crippen molar-refractivity contribution in [1.82, 2.24) is 0 Å². The van der Waals surface area contributed by atoms with E-state index in [2.05, 4.69) is 10.3 Å². The molecular formula is C15H24IN3O3. The summed E-state index contributed by atoms with van der Waals surface area (Å²) in [6, 6.07) is 7.52. The Balaban J connectivity index is 0.00000242. The Labute approximate surface area is 148 Å². The van der Waals surface area contributed by atoms with Gasteiger partial charge in [-0.3, -0.25) is 4.99 Å². The molecule has 0 aliphatic carbocycles. The van der Waals surface area contributed by atoms with E-state index in [1.54, 1.807) is 7.11 Å². The van der Waals surface area contributed by atoms with Gasteiger partial charge in [0.2, 0.25) is 0 Å². The molecule has 1 aliphatic heterocycles. The summed E-state index contributed by atoms with van der Waals surface area (Å²) in [5.41, 5.74) is 6.66. The normalized spacial score (nSPS) is 17.9. The number of methoxy groups -OCH3 is 1. The lowest BCUT2D eigenvalue weighted by molar-refractivity contribution is 0.0200. The third kappa shape index (κ3) is 6.80. The number of benzene rings is 1. The van der Waals surface area contributed by atoms with Crippen LogP contribution in [0, 0.1) is 0 Å². The quantitative estimate of drug-likeness (QED) is 0.306. The van der Waals surface area contributed by atoms with Gasteiger partial charge in [0.15, 0.2) is 5.96 Å². The molecule has 0 radical (unpaired) electrons. The standard InChI is InChI=1S/C15H23N3O3.HI/c1-19-13-5-2-4-12(10-13)18-15(16)17-7-9-20-11-14-6-3-8-21-14;/h2,4-5,10,14H,3,6-9,11H2,1H3,(H3,16,17,18);1H. The van der Waals surface area contributed by atoms with Crippen molar-refractivity contribution in [3.63, 3.8) is 0 Å². The average molecular weight is 421 g/mol. The molecule has 0 spiro atoms. The fourth-order valence-corrected chi connectivity index (χ4v) is 2.11. The van der Waals surface area contributed by atoms with E-state index in [0.717, 1.165) is 30.9 Å². The molecule has 1 aliphatic rings. The maximum atomic E-state index is 5.82. The van der Waals surface area contributed by atoms with Gasteiger partial charge in [-0.15, -0.1) is 24.0 Å². The number of hydrogen-bond acceptors (Lipinski definition) is 4. The van der Waals surface area contributed by atoms with Crippen molar-refractivity contribution in [3.05, 3.63) is 24.3 Å². The highest BCUT2D eigenvalue weighted by Gasteiger charge is 2.14. The van der Waals surface area contributed by atoms with Crippen molar-refractivity contribution in [1.29, 1.82) is 0 Å². The Morgan fingerprint density at radius 2 is 2.36 bits per heavy atom. The van der Waals surface area contributed by atoms with Crippen LogP contribution in [0.4, 0.5) is 5.69 Å². The first kappa shape index (κ1) is 19.0. The Morgan fingerprint density at radius 1 is 1.50 bits per heavy atom. The number of nitrogens with two attached hydrogens (primary N) is 1. The molecule has 22 heavy (non-hydrogen) atoms. The lowest BCUT2D eigenvalue weighted by Crippen LogP contribution is -2.23. The maximum Gasteiger partial charge on any atom is 0.193 e. The van der Waals surface area contributed by atoms with Crippen LogP contribution in [0.15, 0.2) is 29.3 Å². The van der Waals surface area contributed by atoms with Gasteiger partial charge >= 0.3 is 0 Å². The molecule has 1 heterocycles. The largest absolute Gasteiger partial charge is 0.497 e. The van der Waals surface area contributed by atoms with Crippen molar-refractivity contribution >= 4 is 35.6 Å². The minimum atomic E-state index is 0. The Bertz CT molecular complexity index is 465. The van der Waals surface area contributed by atoms with Crippen LogP contribution in [-0.4, -0.2) is 45.5 Å². The number of halogens is 1. The number of nitrogens with zero attached hydrogens (tertiary/aromatic N) is 1. The second-order valence-corrected chi connectivity index (χ2v) is 4.83. The first-order chi connectivity index (χ1) is 10.3. The van der Waals surface area contributed by atoms with Gasteiger partial charge < -0.3 is 25.3 Å². The summed E-state index contributed by atoms with van der Waals surface area (Å²) in [5, 5.41) is 3.02. The van der Waals surface area contributed by atoms with Gasteiger partial charge in [0, 0.05) is 18.4 Å². The SMILES string of the molecule is COc1cccc(NC(N)=NCCOCC2CCCO2)c1.I. The van der Waals surface area contributed by atoms with Crippen molar-refractivity contribution < 1.29 is 14.2 Å². The first-order valence-electron chi connectivity index (χ1n) is 7.18. The molecule has 6 nitrogen and oxygen atoms in total. The van der Waals surface area contributed by atoms with E-state index in [0.29, 0.717) is 25.7 Å². The van der Waals surface area contributed by atoms with E-state index < -0.39 is 0 Å². The summed E-state index contributed by atoms with van der Waals surface area (Å²) < 4.78 is 16.1. The number of ether oxygens (including phenoxy) is 3. The van der Waals surface area contributed by atoms with E-state index in [9.17, 15) is 0 Å². The number of anilines is 1. The zero-order valence-corrected chi connectivity index (χ0v) is 15.1. The van der Waals surface area contributed by atoms with Gasteiger partial charge in [-0.25, -0.2) is 0 Å². The molecule has 3 N–H and O–H groups in total. The molecule has 1 unspecified atom stereocenters. The first-order valence-corrected chi connectivity index (χ1v) is 7.18. The Kier molecular flexibility index (Phi) is 9.17. The molecule has 0 amide bonds. The Morgan fingerprint density at radius 3 is 3.09 bits per heavy atom. The molecule has 1 aromatic rings. The summed E-state index contributed by atoms with van der Waals surface area (Å²) in [7, 11) is 1.63. The van der Waals surface area contributed by atoms with E-state index in [4.69, 9.17) is 19.9 Å². The van der Waals surface area contributed by atoms with Crippen molar-refractivity contribution in [2.24, 2.45) is 10.7 Å². The Hall–Kier alpha value is -1.06. The zero-order valence-electron chi connectivity index (χ0n) is 12.8. The summed E-state index contributed by atoms with van der Waals surface area (Å²) >= 11 is 0.